The molecule has 0 spiro atoms. The summed E-state index contributed by atoms with van der Waals surface area (Å²) in [6.45, 7) is 3.22. The quantitative estimate of drug-likeness (QED) is 0.343. The molecule has 2 N–H and O–H groups in total. The highest BCUT2D eigenvalue weighted by molar-refractivity contribution is 7.91. The Kier molecular flexibility index (Phi) is 10.3. The molecule has 1 amide bonds. The number of halogens is 4. The van der Waals surface area contributed by atoms with Gasteiger partial charge in [-0.3, -0.25) is 9.48 Å². The van der Waals surface area contributed by atoms with Gasteiger partial charge in [-0.05, 0) is 70.1 Å². The fourth-order valence-electron chi connectivity index (χ4n) is 5.98. The number of hydrogen-bond donors (Lipinski definition) is 2. The number of hydrogen-bond acceptors (Lipinski definition) is 7. The first-order valence-corrected chi connectivity index (χ1v) is 16.7. The maximum Gasteiger partial charge on any atom is 0.391 e. The zero-order valence-electron chi connectivity index (χ0n) is 24.1. The van der Waals surface area contributed by atoms with Crippen molar-refractivity contribution in [3.8, 4) is 17.0 Å². The van der Waals surface area contributed by atoms with Crippen molar-refractivity contribution in [1.82, 2.24) is 20.1 Å². The minimum Gasteiger partial charge on any atom is -0.496 e. The fourth-order valence-corrected chi connectivity index (χ4v) is 7.43. The normalized spacial score (nSPS) is 23.4. The number of anilines is 1. The van der Waals surface area contributed by atoms with Crippen LogP contribution >= 0.6 is 11.6 Å². The Bertz CT molecular complexity index is 1350. The van der Waals surface area contributed by atoms with Crippen molar-refractivity contribution in [2.45, 2.75) is 76.3 Å². The Balaban J connectivity index is 1.40. The third kappa shape index (κ3) is 7.69. The SMILES string of the molecule is CCn1nc(C(=O)NCC2CCC(S(C)(=O)=O)CC2)c(Cl)c1-c1cnc(NC[C@H]2CC[C@@H](C(F)(F)F)CC2)cc1OC. The third-order valence-electron chi connectivity index (χ3n) is 8.58. The number of amides is 1. The molecule has 2 heterocycles. The van der Waals surface area contributed by atoms with Crippen LogP contribution in [0.1, 0.15) is 68.8 Å². The maximum atomic E-state index is 13.1. The smallest absolute Gasteiger partial charge is 0.391 e. The van der Waals surface area contributed by atoms with Gasteiger partial charge in [-0.15, -0.1) is 0 Å². The van der Waals surface area contributed by atoms with Crippen LogP contribution in [0.2, 0.25) is 5.02 Å². The molecule has 0 radical (unpaired) electrons. The van der Waals surface area contributed by atoms with Crippen molar-refractivity contribution in [1.29, 1.82) is 0 Å². The number of ether oxygens (including phenoxy) is 1. The van der Waals surface area contributed by atoms with E-state index < -0.39 is 27.8 Å². The molecule has 4 rings (SSSR count). The summed E-state index contributed by atoms with van der Waals surface area (Å²) >= 11 is 6.71. The van der Waals surface area contributed by atoms with Crippen molar-refractivity contribution < 1.29 is 31.1 Å². The Morgan fingerprint density at radius 1 is 1.10 bits per heavy atom. The van der Waals surface area contributed by atoms with Gasteiger partial charge in [0.1, 0.15) is 21.4 Å². The number of nitrogens with zero attached hydrogens (tertiary/aromatic N) is 3. The molecule has 0 aliphatic heterocycles. The monoisotopic (exact) mass is 633 g/mol. The number of pyridine rings is 1. The van der Waals surface area contributed by atoms with Crippen molar-refractivity contribution in [2.24, 2.45) is 17.8 Å². The second-order valence-electron chi connectivity index (χ2n) is 11.4. The van der Waals surface area contributed by atoms with E-state index in [-0.39, 0.29) is 40.6 Å². The largest absolute Gasteiger partial charge is 0.496 e. The molecular weight excluding hydrogens is 595 g/mol. The number of methoxy groups -OCH3 is 1. The molecule has 2 aromatic rings. The van der Waals surface area contributed by atoms with Gasteiger partial charge in [-0.2, -0.15) is 18.3 Å². The van der Waals surface area contributed by atoms with Gasteiger partial charge in [0.2, 0.25) is 0 Å². The summed E-state index contributed by atoms with van der Waals surface area (Å²) in [6.07, 6.45) is 2.64. The Morgan fingerprint density at radius 2 is 1.71 bits per heavy atom. The van der Waals surface area contributed by atoms with Gasteiger partial charge < -0.3 is 15.4 Å². The van der Waals surface area contributed by atoms with Gasteiger partial charge in [0, 0.05) is 38.2 Å². The van der Waals surface area contributed by atoms with Crippen LogP contribution in [0.3, 0.4) is 0 Å². The van der Waals surface area contributed by atoms with Crippen LogP contribution in [0.25, 0.3) is 11.3 Å². The second kappa shape index (κ2) is 13.4. The van der Waals surface area contributed by atoms with Gasteiger partial charge in [0.25, 0.3) is 5.91 Å². The zero-order valence-corrected chi connectivity index (χ0v) is 25.7. The highest BCUT2D eigenvalue weighted by atomic mass is 35.5. The van der Waals surface area contributed by atoms with E-state index in [2.05, 4.69) is 20.7 Å². The number of sulfone groups is 1. The lowest BCUT2D eigenvalue weighted by atomic mass is 9.81. The summed E-state index contributed by atoms with van der Waals surface area (Å²) in [5.74, 6) is -0.335. The summed E-state index contributed by atoms with van der Waals surface area (Å²) in [7, 11) is -1.55. The van der Waals surface area contributed by atoms with E-state index in [0.717, 1.165) is 12.8 Å². The molecule has 0 aromatic carbocycles. The van der Waals surface area contributed by atoms with Crippen LogP contribution in [0.5, 0.6) is 5.75 Å². The molecule has 9 nitrogen and oxygen atoms in total. The standard InChI is InChI=1S/C28H39ClF3N5O4S/c1-4-37-26(24(29)25(36-37)27(38)35-15-18-7-11-20(12-8-18)42(3,39)40)21-16-34-23(13-22(21)41-2)33-14-17-5-9-19(10-6-17)28(30,31)32/h13,16-20H,4-12,14-15H2,1-3H3,(H,33,34)(H,35,38)/t17-,18?,19+,20?. The van der Waals surface area contributed by atoms with Gasteiger partial charge in [-0.1, -0.05) is 11.6 Å². The van der Waals surface area contributed by atoms with Crippen LogP contribution in [0.15, 0.2) is 12.3 Å². The van der Waals surface area contributed by atoms with Gasteiger partial charge in [-0.25, -0.2) is 13.4 Å². The first-order valence-electron chi connectivity index (χ1n) is 14.4. The molecule has 234 valence electrons. The van der Waals surface area contributed by atoms with E-state index >= 15 is 0 Å². The summed E-state index contributed by atoms with van der Waals surface area (Å²) in [4.78, 5) is 17.6. The first kappa shape index (κ1) is 32.4. The predicted octanol–water partition coefficient (Wildman–Crippen LogP) is 5.74. The number of carbonyl (C=O) groups is 1. The average molecular weight is 634 g/mol. The predicted molar refractivity (Wildman–Crippen MR) is 156 cm³/mol. The fraction of sp³-hybridized carbons (Fsp3) is 0.679. The lowest BCUT2D eigenvalue weighted by Crippen LogP contribution is -2.34. The minimum absolute atomic E-state index is 0.0806. The molecule has 0 saturated heterocycles. The summed E-state index contributed by atoms with van der Waals surface area (Å²) in [5, 5.41) is 10.4. The van der Waals surface area contributed by atoms with Crippen LogP contribution < -0.4 is 15.4 Å². The molecular formula is C28H39ClF3N5O4S. The molecule has 14 heteroatoms. The highest BCUT2D eigenvalue weighted by Gasteiger charge is 2.41. The number of aryl methyl sites for hydroxylation is 1. The number of alkyl halides is 3. The number of aromatic nitrogens is 3. The van der Waals surface area contributed by atoms with Crippen molar-refractivity contribution in [2.75, 3.05) is 31.8 Å². The molecule has 2 aliphatic rings. The Hall–Kier alpha value is -2.54. The molecule has 2 aliphatic carbocycles. The molecule has 2 saturated carbocycles. The number of carbonyl (C=O) groups excluding carboxylic acids is 1. The minimum atomic E-state index is -4.13. The third-order valence-corrected chi connectivity index (χ3v) is 10.6. The average Bonchev–Trinajstić information content (AvgIpc) is 3.30. The Morgan fingerprint density at radius 3 is 2.29 bits per heavy atom. The van der Waals surface area contributed by atoms with E-state index in [4.69, 9.17) is 16.3 Å². The number of nitrogens with one attached hydrogen (secondary N) is 2. The molecule has 0 bridgehead atoms. The van der Waals surface area contributed by atoms with Crippen molar-refractivity contribution in [3.05, 3.63) is 23.0 Å². The van der Waals surface area contributed by atoms with E-state index in [1.165, 1.54) is 13.4 Å². The lowest BCUT2D eigenvalue weighted by Gasteiger charge is -2.30. The molecule has 2 aromatic heterocycles. The van der Waals surface area contributed by atoms with E-state index in [9.17, 15) is 26.4 Å². The summed E-state index contributed by atoms with van der Waals surface area (Å²) < 4.78 is 69.8. The van der Waals surface area contributed by atoms with Gasteiger partial charge in [0.15, 0.2) is 5.69 Å². The van der Waals surface area contributed by atoms with E-state index in [1.54, 1.807) is 16.9 Å². The van der Waals surface area contributed by atoms with Crippen LogP contribution in [-0.2, 0) is 16.4 Å². The highest BCUT2D eigenvalue weighted by Crippen LogP contribution is 2.40. The van der Waals surface area contributed by atoms with Crippen molar-refractivity contribution in [3.63, 3.8) is 0 Å². The van der Waals surface area contributed by atoms with E-state index in [1.807, 2.05) is 6.92 Å². The Labute approximate surface area is 249 Å². The van der Waals surface area contributed by atoms with E-state index in [0.29, 0.717) is 68.1 Å². The second-order valence-corrected chi connectivity index (χ2v) is 14.1. The maximum absolute atomic E-state index is 13.1. The molecule has 0 unspecified atom stereocenters. The topological polar surface area (TPSA) is 115 Å². The molecule has 2 fully saturated rings. The zero-order chi connectivity index (χ0) is 30.7. The summed E-state index contributed by atoms with van der Waals surface area (Å²) in [5.41, 5.74) is 1.11. The first-order chi connectivity index (χ1) is 19.8. The summed E-state index contributed by atoms with van der Waals surface area (Å²) in [6, 6.07) is 1.70. The molecule has 42 heavy (non-hydrogen) atoms. The van der Waals surface area contributed by atoms with Crippen LogP contribution in [0, 0.1) is 17.8 Å². The van der Waals surface area contributed by atoms with Crippen molar-refractivity contribution >= 4 is 33.2 Å². The lowest BCUT2D eigenvalue weighted by molar-refractivity contribution is -0.183. The van der Waals surface area contributed by atoms with Gasteiger partial charge >= 0.3 is 6.18 Å². The number of rotatable bonds is 10. The van der Waals surface area contributed by atoms with Crippen LogP contribution in [-0.4, -0.2) is 67.0 Å². The molecule has 0 atom stereocenters. The van der Waals surface area contributed by atoms with Crippen LogP contribution in [0.4, 0.5) is 19.0 Å². The van der Waals surface area contributed by atoms with Gasteiger partial charge in [0.05, 0.1) is 34.6 Å².